The number of unbranched alkanes of at least 4 members (excludes halogenated alkanes) is 19. The van der Waals surface area contributed by atoms with Crippen LogP contribution in [0.15, 0.2) is 0 Å². The van der Waals surface area contributed by atoms with Gasteiger partial charge in [-0.1, -0.05) is 116 Å². The van der Waals surface area contributed by atoms with E-state index in [1.54, 1.807) is 0 Å². The van der Waals surface area contributed by atoms with Gasteiger partial charge in [0.05, 0.1) is 13.3 Å². The smallest absolute Gasteiger partial charge is 0.0894 e. The Morgan fingerprint density at radius 1 is 0.208 bits per heavy atom. The summed E-state index contributed by atoms with van der Waals surface area (Å²) in [7, 11) is 0. The van der Waals surface area contributed by atoms with Crippen LogP contribution in [-0.2, 0) is 0 Å². The highest BCUT2D eigenvalue weighted by Gasteiger charge is 1.95. The maximum atomic E-state index is 11.9. The van der Waals surface area contributed by atoms with E-state index in [1.807, 2.05) is 0 Å². The van der Waals surface area contributed by atoms with Crippen LogP contribution in [0.1, 0.15) is 128 Å². The molecule has 24 heavy (non-hydrogen) atoms. The van der Waals surface area contributed by atoms with Crippen molar-refractivity contribution in [1.29, 1.82) is 0 Å². The van der Waals surface area contributed by atoms with Crippen LogP contribution in [0.25, 0.3) is 0 Å². The summed E-state index contributed by atoms with van der Waals surface area (Å²) < 4.78 is 23.8. The molecule has 0 aliphatic heterocycles. The fourth-order valence-electron chi connectivity index (χ4n) is 3.37. The number of alkyl halides is 2. The molecule has 0 atom stereocenters. The van der Waals surface area contributed by atoms with Crippen molar-refractivity contribution in [1.82, 2.24) is 0 Å². The first-order valence-corrected chi connectivity index (χ1v) is 11.0. The molecule has 0 N–H and O–H groups in total. The van der Waals surface area contributed by atoms with Gasteiger partial charge in [0.15, 0.2) is 0 Å². The van der Waals surface area contributed by atoms with Crippen LogP contribution in [0.3, 0.4) is 0 Å². The minimum atomic E-state index is -0.137. The molecule has 0 aromatic rings. The average Bonchev–Trinajstić information content (AvgIpc) is 2.60. The topological polar surface area (TPSA) is 0 Å². The van der Waals surface area contributed by atoms with Crippen LogP contribution in [0.2, 0.25) is 0 Å². The summed E-state index contributed by atoms with van der Waals surface area (Å²) in [4.78, 5) is 0. The van der Waals surface area contributed by atoms with Crippen molar-refractivity contribution in [3.8, 4) is 0 Å². The molecule has 0 spiro atoms. The van der Waals surface area contributed by atoms with Gasteiger partial charge >= 0.3 is 0 Å². The van der Waals surface area contributed by atoms with E-state index in [0.717, 1.165) is 25.7 Å². The van der Waals surface area contributed by atoms with E-state index < -0.39 is 0 Å². The largest absolute Gasteiger partial charge is 0.251 e. The Labute approximate surface area is 151 Å². The van der Waals surface area contributed by atoms with Crippen molar-refractivity contribution in [2.45, 2.75) is 128 Å². The van der Waals surface area contributed by atoms with Gasteiger partial charge in [0.2, 0.25) is 0 Å². The Hall–Kier alpha value is -0.140. The fraction of sp³-hybridized carbons (Fsp3) is 1.00. The van der Waals surface area contributed by atoms with Crippen molar-refractivity contribution in [3.63, 3.8) is 0 Å². The molecule has 0 rings (SSSR count). The first-order valence-electron chi connectivity index (χ1n) is 11.0. The molecule has 0 saturated heterocycles. The Morgan fingerprint density at radius 3 is 0.458 bits per heavy atom. The lowest BCUT2D eigenvalue weighted by atomic mass is 10.0. The maximum Gasteiger partial charge on any atom is 0.0894 e. The molecule has 0 aromatic heterocycles. The zero-order valence-electron chi connectivity index (χ0n) is 16.3. The fourth-order valence-corrected chi connectivity index (χ4v) is 3.37. The van der Waals surface area contributed by atoms with Crippen LogP contribution < -0.4 is 0 Å². The van der Waals surface area contributed by atoms with Crippen molar-refractivity contribution in [2.75, 3.05) is 13.3 Å². The summed E-state index contributed by atoms with van der Waals surface area (Å²) in [6, 6.07) is 0. The molecule has 0 bridgehead atoms. The molecule has 0 aliphatic rings. The van der Waals surface area contributed by atoms with Crippen LogP contribution in [0.4, 0.5) is 8.78 Å². The summed E-state index contributed by atoms with van der Waals surface area (Å²) in [5, 5.41) is 0. The van der Waals surface area contributed by atoms with E-state index >= 15 is 0 Å². The van der Waals surface area contributed by atoms with Crippen LogP contribution in [0.5, 0.6) is 0 Å². The van der Waals surface area contributed by atoms with E-state index in [9.17, 15) is 8.78 Å². The third-order valence-electron chi connectivity index (χ3n) is 5.02. The Bertz CT molecular complexity index is 184. The van der Waals surface area contributed by atoms with Gasteiger partial charge in [-0.25, -0.2) is 0 Å². The second-order valence-electron chi connectivity index (χ2n) is 7.45. The Morgan fingerprint density at radius 2 is 0.333 bits per heavy atom. The third kappa shape index (κ3) is 21.9. The highest BCUT2D eigenvalue weighted by Crippen LogP contribution is 2.14. The lowest BCUT2D eigenvalue weighted by Crippen LogP contribution is -1.84. The minimum absolute atomic E-state index is 0.137. The molecule has 0 fully saturated rings. The van der Waals surface area contributed by atoms with E-state index in [2.05, 4.69) is 0 Å². The normalized spacial score (nSPS) is 11.2. The molecular formula is C22H44F2. The van der Waals surface area contributed by atoms with Crippen molar-refractivity contribution >= 4 is 0 Å². The van der Waals surface area contributed by atoms with Gasteiger partial charge in [0.1, 0.15) is 0 Å². The average molecular weight is 347 g/mol. The molecule has 0 heterocycles. The standard InChI is InChI=1S/C22H44F2/c23-21-19-17-15-13-11-9-7-5-3-1-2-4-6-8-10-12-14-16-18-20-22-24/h1-22H2. The molecule has 0 radical (unpaired) electrons. The van der Waals surface area contributed by atoms with E-state index in [4.69, 9.17) is 0 Å². The summed E-state index contributed by atoms with van der Waals surface area (Å²) in [6.07, 6.45) is 25.4. The van der Waals surface area contributed by atoms with Gasteiger partial charge in [0, 0.05) is 0 Å². The summed E-state index contributed by atoms with van der Waals surface area (Å²) in [6.45, 7) is -0.275. The molecular weight excluding hydrogens is 302 g/mol. The van der Waals surface area contributed by atoms with E-state index in [-0.39, 0.29) is 13.3 Å². The molecule has 0 aromatic carbocycles. The first kappa shape index (κ1) is 23.9. The number of hydrogen-bond donors (Lipinski definition) is 0. The first-order chi connectivity index (χ1) is 11.9. The van der Waals surface area contributed by atoms with Gasteiger partial charge in [-0.15, -0.1) is 0 Å². The van der Waals surface area contributed by atoms with Gasteiger partial charge in [-0.2, -0.15) is 0 Å². The molecule has 0 amide bonds. The second-order valence-corrected chi connectivity index (χ2v) is 7.45. The zero-order valence-corrected chi connectivity index (χ0v) is 16.3. The van der Waals surface area contributed by atoms with Crippen LogP contribution in [-0.4, -0.2) is 13.3 Å². The van der Waals surface area contributed by atoms with Crippen molar-refractivity contribution in [3.05, 3.63) is 0 Å². The molecule has 0 nitrogen and oxygen atoms in total. The van der Waals surface area contributed by atoms with Gasteiger partial charge in [-0.05, 0) is 12.8 Å². The molecule has 0 aliphatic carbocycles. The van der Waals surface area contributed by atoms with Crippen molar-refractivity contribution in [2.24, 2.45) is 0 Å². The van der Waals surface area contributed by atoms with Crippen LogP contribution >= 0.6 is 0 Å². The molecule has 2 heteroatoms. The predicted octanol–water partition coefficient (Wildman–Crippen LogP) is 8.73. The number of hydrogen-bond acceptors (Lipinski definition) is 0. The Kier molecular flexibility index (Phi) is 22.7. The lowest BCUT2D eigenvalue weighted by molar-refractivity contribution is 0.447. The lowest BCUT2D eigenvalue weighted by Gasteiger charge is -2.04. The van der Waals surface area contributed by atoms with E-state index in [0.29, 0.717) is 0 Å². The van der Waals surface area contributed by atoms with Gasteiger partial charge < -0.3 is 0 Å². The minimum Gasteiger partial charge on any atom is -0.251 e. The maximum absolute atomic E-state index is 11.9. The predicted molar refractivity (Wildman–Crippen MR) is 104 cm³/mol. The van der Waals surface area contributed by atoms with Gasteiger partial charge in [0.25, 0.3) is 0 Å². The van der Waals surface area contributed by atoms with Crippen LogP contribution in [0, 0.1) is 0 Å². The zero-order chi connectivity index (χ0) is 17.6. The number of rotatable bonds is 21. The Balaban J connectivity index is 2.93. The molecule has 0 unspecified atom stereocenters. The summed E-state index contributed by atoms with van der Waals surface area (Å²) >= 11 is 0. The third-order valence-corrected chi connectivity index (χ3v) is 5.02. The summed E-state index contributed by atoms with van der Waals surface area (Å²) in [5.74, 6) is 0. The highest BCUT2D eigenvalue weighted by atomic mass is 19.1. The monoisotopic (exact) mass is 346 g/mol. The second kappa shape index (κ2) is 22.9. The quantitative estimate of drug-likeness (QED) is 0.182. The molecule has 0 saturated carbocycles. The summed E-state index contributed by atoms with van der Waals surface area (Å²) in [5.41, 5.74) is 0. The molecule has 146 valence electrons. The highest BCUT2D eigenvalue weighted by molar-refractivity contribution is 4.51. The SMILES string of the molecule is FCCCCCCCCCCCCCCCCCCCCCCF. The number of halogens is 2. The van der Waals surface area contributed by atoms with E-state index in [1.165, 1.54) is 103 Å². The van der Waals surface area contributed by atoms with Gasteiger partial charge in [-0.3, -0.25) is 8.78 Å². The van der Waals surface area contributed by atoms with Crippen molar-refractivity contribution < 1.29 is 8.78 Å².